The Morgan fingerprint density at radius 1 is 1.50 bits per heavy atom. The number of amides is 1. The molecule has 0 radical (unpaired) electrons. The second-order valence-electron chi connectivity index (χ2n) is 5.49. The van der Waals surface area contributed by atoms with Gasteiger partial charge in [0.1, 0.15) is 6.10 Å². The number of ether oxygens (including phenoxy) is 1. The third-order valence-corrected chi connectivity index (χ3v) is 3.65. The van der Waals surface area contributed by atoms with Gasteiger partial charge in [-0.1, -0.05) is 0 Å². The van der Waals surface area contributed by atoms with Crippen LogP contribution in [-0.2, 0) is 0 Å². The number of hydrogen-bond acceptors (Lipinski definition) is 5. The molecule has 0 aliphatic carbocycles. The van der Waals surface area contributed by atoms with Crippen molar-refractivity contribution in [2.75, 3.05) is 32.1 Å². The number of aromatic amines is 1. The molecule has 1 fully saturated rings. The van der Waals surface area contributed by atoms with E-state index < -0.39 is 0 Å². The Kier molecular flexibility index (Phi) is 3.95. The number of nitrogens with zero attached hydrogens (tertiary/aromatic N) is 4. The molecule has 1 aliphatic heterocycles. The number of H-pyrrole nitrogens is 1. The molecule has 1 N–H and O–H groups in total. The van der Waals surface area contributed by atoms with Crippen LogP contribution in [0, 0.1) is 0 Å². The predicted octanol–water partition coefficient (Wildman–Crippen LogP) is 1.16. The molecular weight excluding hydrogens is 282 g/mol. The normalized spacial score (nSPS) is 17.5. The van der Waals surface area contributed by atoms with E-state index in [2.05, 4.69) is 15.2 Å². The van der Waals surface area contributed by atoms with Gasteiger partial charge < -0.3 is 14.5 Å². The topological polar surface area (TPSA) is 74.3 Å². The molecule has 2 aromatic rings. The van der Waals surface area contributed by atoms with E-state index >= 15 is 0 Å². The van der Waals surface area contributed by atoms with Gasteiger partial charge in [0.25, 0.3) is 5.91 Å². The molecule has 7 nitrogen and oxygen atoms in total. The highest BCUT2D eigenvalue weighted by atomic mass is 16.5. The maximum Gasteiger partial charge on any atom is 0.257 e. The molecule has 1 aliphatic rings. The van der Waals surface area contributed by atoms with Crippen LogP contribution in [-0.4, -0.2) is 59.3 Å². The van der Waals surface area contributed by atoms with Crippen molar-refractivity contribution < 1.29 is 9.53 Å². The van der Waals surface area contributed by atoms with Crippen molar-refractivity contribution in [1.82, 2.24) is 20.1 Å². The van der Waals surface area contributed by atoms with E-state index in [9.17, 15) is 4.79 Å². The van der Waals surface area contributed by atoms with E-state index in [4.69, 9.17) is 4.74 Å². The molecule has 7 heteroatoms. The maximum absolute atomic E-state index is 12.3. The minimum atomic E-state index is -0.0150. The summed E-state index contributed by atoms with van der Waals surface area (Å²) in [5, 5.41) is 6.48. The van der Waals surface area contributed by atoms with E-state index in [1.807, 2.05) is 31.1 Å². The summed E-state index contributed by atoms with van der Waals surface area (Å²) < 4.78 is 6.04. The zero-order valence-corrected chi connectivity index (χ0v) is 12.7. The number of likely N-dealkylation sites (tertiary alicyclic amines) is 1. The summed E-state index contributed by atoms with van der Waals surface area (Å²) in [6.07, 6.45) is 5.69. The van der Waals surface area contributed by atoms with Crippen LogP contribution in [0.5, 0.6) is 5.75 Å². The monoisotopic (exact) mass is 301 g/mol. The van der Waals surface area contributed by atoms with Crippen LogP contribution in [0.15, 0.2) is 30.7 Å². The second kappa shape index (κ2) is 6.05. The summed E-state index contributed by atoms with van der Waals surface area (Å²) in [7, 11) is 3.86. The van der Waals surface area contributed by atoms with E-state index in [1.54, 1.807) is 23.5 Å². The molecule has 1 unspecified atom stereocenters. The molecule has 1 saturated heterocycles. The van der Waals surface area contributed by atoms with E-state index in [0.29, 0.717) is 18.7 Å². The van der Waals surface area contributed by atoms with Crippen molar-refractivity contribution in [3.05, 3.63) is 36.3 Å². The first-order valence-corrected chi connectivity index (χ1v) is 7.22. The van der Waals surface area contributed by atoms with Gasteiger partial charge in [0, 0.05) is 39.5 Å². The average Bonchev–Trinajstić information content (AvgIpc) is 3.18. The molecule has 1 amide bonds. The summed E-state index contributed by atoms with van der Waals surface area (Å²) in [4.78, 5) is 20.3. The second-order valence-corrected chi connectivity index (χ2v) is 5.49. The van der Waals surface area contributed by atoms with Crippen molar-refractivity contribution in [3.8, 4) is 5.75 Å². The van der Waals surface area contributed by atoms with Crippen molar-refractivity contribution >= 4 is 11.7 Å². The SMILES string of the molecule is CN(C)c1ncccc1OC1CCN(C(=O)c2cn[nH]c2)C1. The van der Waals surface area contributed by atoms with Gasteiger partial charge in [-0.05, 0) is 12.1 Å². The van der Waals surface area contributed by atoms with Gasteiger partial charge in [0.15, 0.2) is 11.6 Å². The minimum absolute atomic E-state index is 0.0149. The molecule has 0 saturated carbocycles. The number of pyridine rings is 1. The molecular formula is C15H19N5O2. The molecule has 22 heavy (non-hydrogen) atoms. The Morgan fingerprint density at radius 3 is 3.09 bits per heavy atom. The fraction of sp³-hybridized carbons (Fsp3) is 0.400. The molecule has 116 valence electrons. The van der Waals surface area contributed by atoms with Crippen LogP contribution < -0.4 is 9.64 Å². The minimum Gasteiger partial charge on any atom is -0.485 e. The van der Waals surface area contributed by atoms with Gasteiger partial charge in [0.2, 0.25) is 0 Å². The first-order valence-electron chi connectivity index (χ1n) is 7.22. The largest absolute Gasteiger partial charge is 0.485 e. The lowest BCUT2D eigenvalue weighted by Gasteiger charge is -2.20. The molecule has 0 bridgehead atoms. The third-order valence-electron chi connectivity index (χ3n) is 3.65. The molecule has 3 rings (SSSR count). The lowest BCUT2D eigenvalue weighted by atomic mass is 10.3. The number of nitrogens with one attached hydrogen (secondary N) is 1. The highest BCUT2D eigenvalue weighted by Crippen LogP contribution is 2.27. The van der Waals surface area contributed by atoms with Gasteiger partial charge in [-0.25, -0.2) is 4.98 Å². The standard InChI is InChI=1S/C15H19N5O2/c1-19(2)14-13(4-3-6-16-14)22-12-5-7-20(10-12)15(21)11-8-17-18-9-11/h3-4,6,8-9,12H,5,7,10H2,1-2H3,(H,17,18). The Labute approximate surface area is 128 Å². The smallest absolute Gasteiger partial charge is 0.257 e. The number of carbonyl (C=O) groups is 1. The molecule has 1 atom stereocenters. The fourth-order valence-corrected chi connectivity index (χ4v) is 2.55. The van der Waals surface area contributed by atoms with E-state index in [-0.39, 0.29) is 12.0 Å². The third kappa shape index (κ3) is 2.88. The van der Waals surface area contributed by atoms with Crippen molar-refractivity contribution in [3.63, 3.8) is 0 Å². The van der Waals surface area contributed by atoms with Gasteiger partial charge >= 0.3 is 0 Å². The maximum atomic E-state index is 12.3. The van der Waals surface area contributed by atoms with Crippen LogP contribution in [0.4, 0.5) is 5.82 Å². The summed E-state index contributed by atoms with van der Waals surface area (Å²) in [6.45, 7) is 1.26. The van der Waals surface area contributed by atoms with Gasteiger partial charge in [-0.3, -0.25) is 9.89 Å². The van der Waals surface area contributed by atoms with Crippen molar-refractivity contribution in [2.24, 2.45) is 0 Å². The first kappa shape index (κ1) is 14.4. The van der Waals surface area contributed by atoms with Crippen LogP contribution in [0.3, 0.4) is 0 Å². The lowest BCUT2D eigenvalue weighted by Crippen LogP contribution is -2.30. The summed E-state index contributed by atoms with van der Waals surface area (Å²) in [5.41, 5.74) is 0.580. The lowest BCUT2D eigenvalue weighted by molar-refractivity contribution is 0.0772. The van der Waals surface area contributed by atoms with Crippen molar-refractivity contribution in [1.29, 1.82) is 0 Å². The molecule has 2 aromatic heterocycles. The number of anilines is 1. The zero-order chi connectivity index (χ0) is 15.5. The Bertz CT molecular complexity index is 641. The van der Waals surface area contributed by atoms with Crippen LogP contribution in [0.2, 0.25) is 0 Å². The number of carbonyl (C=O) groups excluding carboxylic acids is 1. The van der Waals surface area contributed by atoms with E-state index in [1.165, 1.54) is 0 Å². The number of aromatic nitrogens is 3. The Morgan fingerprint density at radius 2 is 2.36 bits per heavy atom. The van der Waals surface area contributed by atoms with Crippen molar-refractivity contribution in [2.45, 2.75) is 12.5 Å². The molecule has 3 heterocycles. The van der Waals surface area contributed by atoms with Crippen LogP contribution in [0.1, 0.15) is 16.8 Å². The van der Waals surface area contributed by atoms with Gasteiger partial charge in [-0.15, -0.1) is 0 Å². The quantitative estimate of drug-likeness (QED) is 0.917. The highest BCUT2D eigenvalue weighted by molar-refractivity contribution is 5.93. The van der Waals surface area contributed by atoms with E-state index in [0.717, 1.165) is 18.0 Å². The summed E-state index contributed by atoms with van der Waals surface area (Å²) >= 11 is 0. The van der Waals surface area contributed by atoms with Gasteiger partial charge in [0.05, 0.1) is 18.3 Å². The molecule has 0 aromatic carbocycles. The first-order chi connectivity index (χ1) is 10.6. The Hall–Kier alpha value is -2.57. The summed E-state index contributed by atoms with van der Waals surface area (Å²) in [5.74, 6) is 1.52. The highest BCUT2D eigenvalue weighted by Gasteiger charge is 2.29. The Balaban J connectivity index is 1.65. The number of rotatable bonds is 4. The van der Waals surface area contributed by atoms with Crippen LogP contribution >= 0.6 is 0 Å². The van der Waals surface area contributed by atoms with Gasteiger partial charge in [-0.2, -0.15) is 5.10 Å². The predicted molar refractivity (Wildman–Crippen MR) is 82.1 cm³/mol. The average molecular weight is 301 g/mol. The molecule has 0 spiro atoms. The fourth-order valence-electron chi connectivity index (χ4n) is 2.55. The van der Waals surface area contributed by atoms with Crippen LogP contribution in [0.25, 0.3) is 0 Å². The summed E-state index contributed by atoms with van der Waals surface area (Å²) in [6, 6.07) is 3.76. The number of hydrogen-bond donors (Lipinski definition) is 1. The zero-order valence-electron chi connectivity index (χ0n) is 12.7.